The summed E-state index contributed by atoms with van der Waals surface area (Å²) in [6.45, 7) is 5.65. The van der Waals surface area contributed by atoms with Crippen LogP contribution in [0.25, 0.3) is 0 Å². The van der Waals surface area contributed by atoms with E-state index in [1.54, 1.807) is 0 Å². The van der Waals surface area contributed by atoms with Crippen LogP contribution in [0.5, 0.6) is 0 Å². The Morgan fingerprint density at radius 2 is 2.10 bits per heavy atom. The molecular weight excluding hydrogens is 250 g/mol. The number of likely N-dealkylation sites (N-methyl/N-ethyl adjacent to an activating group) is 1. The molecule has 3 rings (SSSR count). The van der Waals surface area contributed by atoms with Crippen molar-refractivity contribution in [1.29, 1.82) is 0 Å². The molecule has 4 heteroatoms. The quantitative estimate of drug-likeness (QED) is 0.915. The van der Waals surface area contributed by atoms with Crippen LogP contribution in [0.4, 0.5) is 0 Å². The molecule has 0 radical (unpaired) electrons. The lowest BCUT2D eigenvalue weighted by molar-refractivity contribution is 0.258. The van der Waals surface area contributed by atoms with Crippen molar-refractivity contribution in [1.82, 2.24) is 9.47 Å². The van der Waals surface area contributed by atoms with Crippen molar-refractivity contribution >= 4 is 0 Å². The topological polar surface area (TPSA) is 51.3 Å². The molecule has 0 aromatic carbocycles. The number of fused-ring (bicyclic) bond motifs is 1. The van der Waals surface area contributed by atoms with E-state index in [1.165, 1.54) is 24.1 Å². The number of aromatic nitrogens is 1. The third-order valence-electron chi connectivity index (χ3n) is 4.92. The lowest BCUT2D eigenvalue weighted by Gasteiger charge is -2.31. The third-order valence-corrected chi connectivity index (χ3v) is 4.92. The van der Waals surface area contributed by atoms with E-state index in [2.05, 4.69) is 22.5 Å². The highest BCUT2D eigenvalue weighted by Crippen LogP contribution is 2.31. The molecule has 1 fully saturated rings. The van der Waals surface area contributed by atoms with Crippen LogP contribution in [0.15, 0.2) is 10.9 Å². The first-order chi connectivity index (χ1) is 9.74. The Morgan fingerprint density at radius 1 is 1.35 bits per heavy atom. The van der Waals surface area contributed by atoms with Gasteiger partial charge in [-0.3, -0.25) is 9.69 Å². The lowest BCUT2D eigenvalue weighted by atomic mass is 10.0. The van der Waals surface area contributed by atoms with E-state index in [0.717, 1.165) is 44.5 Å². The first-order valence-corrected chi connectivity index (χ1v) is 7.93. The van der Waals surface area contributed by atoms with Crippen molar-refractivity contribution in [2.75, 3.05) is 13.1 Å². The van der Waals surface area contributed by atoms with Crippen LogP contribution in [0, 0.1) is 0 Å². The molecular formula is C16H25N3O. The number of nitrogens with zero attached hydrogens (tertiary/aromatic N) is 2. The molecule has 1 aromatic rings. The van der Waals surface area contributed by atoms with Gasteiger partial charge in [-0.25, -0.2) is 0 Å². The molecule has 20 heavy (non-hydrogen) atoms. The number of nitrogens with two attached hydrogens (primary N) is 1. The van der Waals surface area contributed by atoms with Crippen LogP contribution in [0.3, 0.4) is 0 Å². The zero-order valence-corrected chi connectivity index (χ0v) is 12.4. The highest BCUT2D eigenvalue weighted by atomic mass is 16.1. The second-order valence-corrected chi connectivity index (χ2v) is 6.08. The minimum atomic E-state index is 0.170. The lowest BCUT2D eigenvalue weighted by Crippen LogP contribution is -2.38. The van der Waals surface area contributed by atoms with Crippen LogP contribution in [-0.2, 0) is 19.5 Å². The van der Waals surface area contributed by atoms with Gasteiger partial charge in [0.2, 0.25) is 0 Å². The van der Waals surface area contributed by atoms with Gasteiger partial charge in [-0.15, -0.1) is 0 Å². The zero-order chi connectivity index (χ0) is 14.1. The Balaban J connectivity index is 2.09. The van der Waals surface area contributed by atoms with Crippen molar-refractivity contribution in [2.24, 2.45) is 5.73 Å². The molecule has 1 aromatic heterocycles. The monoisotopic (exact) mass is 275 g/mol. The van der Waals surface area contributed by atoms with Crippen LogP contribution in [-0.4, -0.2) is 22.6 Å². The van der Waals surface area contributed by atoms with Crippen molar-refractivity contribution in [3.63, 3.8) is 0 Å². The minimum absolute atomic E-state index is 0.170. The summed E-state index contributed by atoms with van der Waals surface area (Å²) in [5.41, 5.74) is 9.35. The summed E-state index contributed by atoms with van der Waals surface area (Å²) in [7, 11) is 0. The fourth-order valence-electron chi connectivity index (χ4n) is 3.75. The summed E-state index contributed by atoms with van der Waals surface area (Å²) in [5.74, 6) is 0. The average molecular weight is 275 g/mol. The molecule has 0 saturated heterocycles. The van der Waals surface area contributed by atoms with E-state index < -0.39 is 0 Å². The summed E-state index contributed by atoms with van der Waals surface area (Å²) < 4.78 is 2.11. The Bertz CT molecular complexity index is 543. The standard InChI is InChI=1S/C16H25N3O/c1-2-18-8-7-15-13(11-18)9-12(10-17)16(20)19(15)14-5-3-4-6-14/h9,14H,2-8,10-11,17H2,1H3. The molecule has 0 spiro atoms. The van der Waals surface area contributed by atoms with Crippen molar-refractivity contribution in [3.05, 3.63) is 33.2 Å². The minimum Gasteiger partial charge on any atom is -0.326 e. The SMILES string of the molecule is CCN1CCc2c(cc(CN)c(=O)n2C2CCCC2)C1. The number of hydrogen-bond acceptors (Lipinski definition) is 3. The van der Waals surface area contributed by atoms with Crippen molar-refractivity contribution in [2.45, 2.75) is 58.2 Å². The highest BCUT2D eigenvalue weighted by molar-refractivity contribution is 5.29. The summed E-state index contributed by atoms with van der Waals surface area (Å²) in [6.07, 6.45) is 5.80. The normalized spacial score (nSPS) is 20.3. The average Bonchev–Trinajstić information content (AvgIpc) is 3.00. The summed E-state index contributed by atoms with van der Waals surface area (Å²) in [4.78, 5) is 15.1. The smallest absolute Gasteiger partial charge is 0.255 e. The molecule has 2 heterocycles. The largest absolute Gasteiger partial charge is 0.326 e. The molecule has 0 unspecified atom stereocenters. The Labute approximate surface area is 120 Å². The summed E-state index contributed by atoms with van der Waals surface area (Å²) in [5, 5.41) is 0. The fourth-order valence-corrected chi connectivity index (χ4v) is 3.75. The predicted octanol–water partition coefficient (Wildman–Crippen LogP) is 1.80. The number of pyridine rings is 1. The van der Waals surface area contributed by atoms with Gasteiger partial charge < -0.3 is 10.3 Å². The van der Waals surface area contributed by atoms with Crippen LogP contribution in [0.1, 0.15) is 55.5 Å². The van der Waals surface area contributed by atoms with E-state index in [1.807, 2.05) is 0 Å². The first-order valence-electron chi connectivity index (χ1n) is 7.93. The van der Waals surface area contributed by atoms with Crippen LogP contribution >= 0.6 is 0 Å². The van der Waals surface area contributed by atoms with Crippen LogP contribution in [0.2, 0.25) is 0 Å². The van der Waals surface area contributed by atoms with Gasteiger partial charge in [0.15, 0.2) is 0 Å². The maximum atomic E-state index is 12.7. The summed E-state index contributed by atoms with van der Waals surface area (Å²) >= 11 is 0. The molecule has 110 valence electrons. The second kappa shape index (κ2) is 5.70. The van der Waals surface area contributed by atoms with Gasteiger partial charge in [-0.2, -0.15) is 0 Å². The molecule has 1 aliphatic carbocycles. The Morgan fingerprint density at radius 3 is 2.75 bits per heavy atom. The molecule has 1 saturated carbocycles. The van der Waals surface area contributed by atoms with E-state index in [0.29, 0.717) is 12.6 Å². The van der Waals surface area contributed by atoms with E-state index in [9.17, 15) is 4.79 Å². The van der Waals surface area contributed by atoms with Crippen molar-refractivity contribution < 1.29 is 0 Å². The molecule has 0 bridgehead atoms. The molecule has 2 aliphatic rings. The zero-order valence-electron chi connectivity index (χ0n) is 12.4. The Hall–Kier alpha value is -1.13. The Kier molecular flexibility index (Phi) is 3.94. The van der Waals surface area contributed by atoms with Gasteiger partial charge in [0, 0.05) is 43.4 Å². The molecule has 0 amide bonds. The maximum absolute atomic E-state index is 12.7. The molecule has 0 atom stereocenters. The summed E-state index contributed by atoms with van der Waals surface area (Å²) in [6, 6.07) is 2.47. The van der Waals surface area contributed by atoms with Crippen molar-refractivity contribution in [3.8, 4) is 0 Å². The highest BCUT2D eigenvalue weighted by Gasteiger charge is 2.26. The third kappa shape index (κ3) is 2.31. The van der Waals surface area contributed by atoms with E-state index in [4.69, 9.17) is 5.73 Å². The first kappa shape index (κ1) is 13.8. The molecule has 1 aliphatic heterocycles. The second-order valence-electron chi connectivity index (χ2n) is 6.08. The van der Waals surface area contributed by atoms with E-state index in [-0.39, 0.29) is 5.56 Å². The maximum Gasteiger partial charge on any atom is 0.255 e. The van der Waals surface area contributed by atoms with Gasteiger partial charge in [0.25, 0.3) is 5.56 Å². The number of rotatable bonds is 3. The predicted molar refractivity (Wildman–Crippen MR) is 80.8 cm³/mol. The molecule has 2 N–H and O–H groups in total. The van der Waals surface area contributed by atoms with Crippen LogP contribution < -0.4 is 11.3 Å². The van der Waals surface area contributed by atoms with Gasteiger partial charge in [-0.1, -0.05) is 19.8 Å². The molecule has 4 nitrogen and oxygen atoms in total. The fraction of sp³-hybridized carbons (Fsp3) is 0.688. The number of hydrogen-bond donors (Lipinski definition) is 1. The van der Waals surface area contributed by atoms with E-state index >= 15 is 0 Å². The van der Waals surface area contributed by atoms with Gasteiger partial charge in [-0.05, 0) is 31.0 Å². The van der Waals surface area contributed by atoms with Gasteiger partial charge >= 0.3 is 0 Å². The van der Waals surface area contributed by atoms with Gasteiger partial charge in [0.05, 0.1) is 0 Å². The van der Waals surface area contributed by atoms with Gasteiger partial charge in [0.1, 0.15) is 0 Å².